The van der Waals surface area contributed by atoms with Crippen LogP contribution in [0.3, 0.4) is 0 Å². The molecule has 8 nitrogen and oxygen atoms in total. The molecule has 8 heteroatoms. The van der Waals surface area contributed by atoms with E-state index in [2.05, 4.69) is 10.6 Å². The van der Waals surface area contributed by atoms with Gasteiger partial charge < -0.3 is 21.1 Å². The molecule has 0 aliphatic carbocycles. The number of carbonyl (C=O) groups excluding carboxylic acids is 1. The van der Waals surface area contributed by atoms with Crippen molar-refractivity contribution >= 4 is 17.3 Å². The first kappa shape index (κ1) is 14.2. The lowest BCUT2D eigenvalue weighted by atomic mass is 10.1. The van der Waals surface area contributed by atoms with Gasteiger partial charge in [0.15, 0.2) is 0 Å². The zero-order chi connectivity index (χ0) is 14.5. The van der Waals surface area contributed by atoms with Gasteiger partial charge in [-0.1, -0.05) is 0 Å². The predicted molar refractivity (Wildman–Crippen MR) is 72.7 cm³/mol. The minimum absolute atomic E-state index is 0.107. The molecular weight excluding hydrogens is 264 g/mol. The predicted octanol–water partition coefficient (Wildman–Crippen LogP) is 0.0940. The molecule has 1 atom stereocenters. The molecule has 108 valence electrons. The van der Waals surface area contributed by atoms with Gasteiger partial charge in [-0.15, -0.1) is 0 Å². The van der Waals surface area contributed by atoms with Crippen LogP contribution < -0.4 is 16.4 Å². The molecule has 1 amide bonds. The van der Waals surface area contributed by atoms with Crippen molar-refractivity contribution < 1.29 is 14.5 Å². The van der Waals surface area contributed by atoms with Gasteiger partial charge in [-0.2, -0.15) is 0 Å². The van der Waals surface area contributed by atoms with Crippen LogP contribution in [-0.4, -0.2) is 43.2 Å². The first-order chi connectivity index (χ1) is 9.58. The zero-order valence-electron chi connectivity index (χ0n) is 10.8. The minimum Gasteiger partial charge on any atom is -0.383 e. The molecule has 2 rings (SSSR count). The van der Waals surface area contributed by atoms with E-state index >= 15 is 0 Å². The fraction of sp³-hybridized carbons (Fsp3) is 0.417. The number of hydrogen-bond acceptors (Lipinski definition) is 6. The summed E-state index contributed by atoms with van der Waals surface area (Å²) in [5.41, 5.74) is 5.68. The van der Waals surface area contributed by atoms with E-state index in [0.717, 1.165) is 6.54 Å². The van der Waals surface area contributed by atoms with Crippen LogP contribution in [-0.2, 0) is 4.74 Å². The first-order valence-electron chi connectivity index (χ1n) is 6.21. The molecule has 1 aliphatic rings. The highest BCUT2D eigenvalue weighted by Gasteiger charge is 2.17. The van der Waals surface area contributed by atoms with Gasteiger partial charge in [0.25, 0.3) is 11.6 Å². The summed E-state index contributed by atoms with van der Waals surface area (Å²) >= 11 is 0. The van der Waals surface area contributed by atoms with Gasteiger partial charge in [0, 0.05) is 37.0 Å². The molecule has 4 N–H and O–H groups in total. The number of primary amides is 1. The largest absolute Gasteiger partial charge is 0.383 e. The average Bonchev–Trinajstić information content (AvgIpc) is 2.45. The van der Waals surface area contributed by atoms with Crippen LogP contribution in [0.1, 0.15) is 10.4 Å². The number of ether oxygens (including phenoxy) is 1. The van der Waals surface area contributed by atoms with E-state index in [4.69, 9.17) is 10.5 Å². The second kappa shape index (κ2) is 6.31. The Labute approximate surface area is 115 Å². The standard InChI is InChI=1S/C12H16N4O4/c13-12(17)10-5-9(16(18)19)1-2-11(10)15-6-8-7-20-4-3-14-8/h1-2,5,8,14-15H,3-4,6-7H2,(H2,13,17). The molecule has 1 heterocycles. The summed E-state index contributed by atoms with van der Waals surface area (Å²) < 4.78 is 5.32. The number of non-ortho nitro benzene ring substituents is 1. The Balaban J connectivity index is 2.09. The highest BCUT2D eigenvalue weighted by Crippen LogP contribution is 2.21. The number of carbonyl (C=O) groups is 1. The van der Waals surface area contributed by atoms with Gasteiger partial charge in [-0.05, 0) is 6.07 Å². The number of amides is 1. The third-order valence-corrected chi connectivity index (χ3v) is 3.02. The highest BCUT2D eigenvalue weighted by atomic mass is 16.6. The molecule has 1 aliphatic heterocycles. The summed E-state index contributed by atoms with van der Waals surface area (Å²) in [4.78, 5) is 21.5. The number of rotatable bonds is 5. The Morgan fingerprint density at radius 1 is 1.60 bits per heavy atom. The molecular formula is C12H16N4O4. The maximum Gasteiger partial charge on any atom is 0.270 e. The molecule has 1 aromatic rings. The van der Waals surface area contributed by atoms with E-state index in [1.165, 1.54) is 18.2 Å². The van der Waals surface area contributed by atoms with Gasteiger partial charge in [-0.3, -0.25) is 14.9 Å². The van der Waals surface area contributed by atoms with Crippen molar-refractivity contribution in [3.05, 3.63) is 33.9 Å². The monoisotopic (exact) mass is 280 g/mol. The third kappa shape index (κ3) is 3.43. The van der Waals surface area contributed by atoms with E-state index in [0.29, 0.717) is 25.4 Å². The Bertz CT molecular complexity index is 514. The molecule has 20 heavy (non-hydrogen) atoms. The lowest BCUT2D eigenvalue weighted by Gasteiger charge is -2.24. The van der Waals surface area contributed by atoms with Crippen LogP contribution in [0.5, 0.6) is 0 Å². The summed E-state index contributed by atoms with van der Waals surface area (Å²) in [6.07, 6.45) is 0. The molecule has 0 aromatic heterocycles. The van der Waals surface area contributed by atoms with Crippen LogP contribution >= 0.6 is 0 Å². The summed E-state index contributed by atoms with van der Waals surface area (Å²) in [5, 5.41) is 17.0. The number of nitrogens with two attached hydrogens (primary N) is 1. The van der Waals surface area contributed by atoms with Crippen LogP contribution in [0, 0.1) is 10.1 Å². The molecule has 1 fully saturated rings. The van der Waals surface area contributed by atoms with Crippen molar-refractivity contribution in [3.63, 3.8) is 0 Å². The van der Waals surface area contributed by atoms with Gasteiger partial charge >= 0.3 is 0 Å². The van der Waals surface area contributed by atoms with E-state index < -0.39 is 10.8 Å². The van der Waals surface area contributed by atoms with Crippen LogP contribution in [0.4, 0.5) is 11.4 Å². The summed E-state index contributed by atoms with van der Waals surface area (Å²) in [6.45, 7) is 2.57. The molecule has 1 unspecified atom stereocenters. The fourth-order valence-corrected chi connectivity index (χ4v) is 1.99. The topological polar surface area (TPSA) is 120 Å². The Kier molecular flexibility index (Phi) is 4.49. The van der Waals surface area contributed by atoms with Gasteiger partial charge in [-0.25, -0.2) is 0 Å². The molecule has 0 radical (unpaired) electrons. The van der Waals surface area contributed by atoms with Gasteiger partial charge in [0.1, 0.15) is 0 Å². The summed E-state index contributed by atoms with van der Waals surface area (Å²) in [6, 6.07) is 4.12. The Morgan fingerprint density at radius 3 is 3.00 bits per heavy atom. The van der Waals surface area contributed by atoms with E-state index in [9.17, 15) is 14.9 Å². The van der Waals surface area contributed by atoms with Crippen LogP contribution in [0.15, 0.2) is 18.2 Å². The minimum atomic E-state index is -0.705. The van der Waals surface area contributed by atoms with Crippen LogP contribution in [0.25, 0.3) is 0 Å². The van der Waals surface area contributed by atoms with E-state index in [1.54, 1.807) is 0 Å². The fourth-order valence-electron chi connectivity index (χ4n) is 1.99. The van der Waals surface area contributed by atoms with Crippen molar-refractivity contribution in [3.8, 4) is 0 Å². The summed E-state index contributed by atoms with van der Waals surface area (Å²) in [7, 11) is 0. The molecule has 0 bridgehead atoms. The van der Waals surface area contributed by atoms with Crippen LogP contribution in [0.2, 0.25) is 0 Å². The van der Waals surface area contributed by atoms with E-state index in [-0.39, 0.29) is 17.3 Å². The number of nitrogens with zero attached hydrogens (tertiary/aromatic N) is 1. The number of benzene rings is 1. The Hall–Kier alpha value is -2.19. The van der Waals surface area contributed by atoms with Crippen molar-refractivity contribution in [2.24, 2.45) is 5.73 Å². The maximum absolute atomic E-state index is 11.4. The number of morpholine rings is 1. The average molecular weight is 280 g/mol. The van der Waals surface area contributed by atoms with Gasteiger partial charge in [0.2, 0.25) is 0 Å². The maximum atomic E-state index is 11.4. The number of nitrogens with one attached hydrogen (secondary N) is 2. The lowest BCUT2D eigenvalue weighted by Crippen LogP contribution is -2.45. The van der Waals surface area contributed by atoms with Crippen molar-refractivity contribution in [2.75, 3.05) is 31.6 Å². The number of nitro groups is 1. The normalized spacial score (nSPS) is 18.5. The quantitative estimate of drug-likeness (QED) is 0.519. The molecule has 0 spiro atoms. The number of anilines is 1. The zero-order valence-corrected chi connectivity index (χ0v) is 10.8. The molecule has 1 saturated heterocycles. The van der Waals surface area contributed by atoms with Crippen molar-refractivity contribution in [2.45, 2.75) is 6.04 Å². The second-order valence-electron chi connectivity index (χ2n) is 4.46. The SMILES string of the molecule is NC(=O)c1cc([N+](=O)[O-])ccc1NCC1COCCN1. The van der Waals surface area contributed by atoms with Crippen molar-refractivity contribution in [1.29, 1.82) is 0 Å². The van der Waals surface area contributed by atoms with Crippen molar-refractivity contribution in [1.82, 2.24) is 5.32 Å². The first-order valence-corrected chi connectivity index (χ1v) is 6.21. The summed E-state index contributed by atoms with van der Waals surface area (Å²) in [5.74, 6) is -0.705. The number of hydrogen-bond donors (Lipinski definition) is 3. The number of nitro benzene ring substituents is 1. The third-order valence-electron chi connectivity index (χ3n) is 3.02. The highest BCUT2D eigenvalue weighted by molar-refractivity contribution is 5.99. The second-order valence-corrected chi connectivity index (χ2v) is 4.46. The Morgan fingerprint density at radius 2 is 2.40 bits per heavy atom. The molecule has 0 saturated carbocycles. The molecule has 1 aromatic carbocycles. The van der Waals surface area contributed by atoms with E-state index in [1.807, 2.05) is 0 Å². The lowest BCUT2D eigenvalue weighted by molar-refractivity contribution is -0.384. The smallest absolute Gasteiger partial charge is 0.270 e. The van der Waals surface area contributed by atoms with Gasteiger partial charge in [0.05, 0.1) is 23.7 Å².